The summed E-state index contributed by atoms with van der Waals surface area (Å²) in [5.74, 6) is 0. The molecule has 0 heterocycles. The smallest absolute Gasteiger partial charge is 0.0359 e. The van der Waals surface area contributed by atoms with Gasteiger partial charge in [-0.25, -0.2) is 0 Å². The second kappa shape index (κ2) is 10.7. The largest absolute Gasteiger partial charge is 0.398 e. The molecule has 0 bridgehead atoms. The van der Waals surface area contributed by atoms with E-state index in [-0.39, 0.29) is 0 Å². The zero-order valence-corrected chi connectivity index (χ0v) is 20.8. The van der Waals surface area contributed by atoms with Crippen LogP contribution in [0.25, 0.3) is 33.4 Å². The molecular formula is C33H32N4. The lowest BCUT2D eigenvalue weighted by molar-refractivity contribution is 1.07. The first-order valence-electron chi connectivity index (χ1n) is 12.5. The quantitative estimate of drug-likeness (QED) is 0.219. The third-order valence-corrected chi connectivity index (χ3v) is 6.98. The minimum Gasteiger partial charge on any atom is -0.398 e. The molecule has 0 saturated heterocycles. The number of benzene rings is 5. The van der Waals surface area contributed by atoms with E-state index in [1.165, 1.54) is 27.8 Å². The van der Waals surface area contributed by atoms with E-state index in [4.69, 9.17) is 22.9 Å². The van der Waals surface area contributed by atoms with Crippen molar-refractivity contribution in [3.8, 4) is 33.4 Å². The number of nitrogens with two attached hydrogens (primary N) is 4. The molecule has 4 nitrogen and oxygen atoms in total. The number of hydrogen-bond acceptors (Lipinski definition) is 4. The van der Waals surface area contributed by atoms with Crippen LogP contribution >= 0.6 is 0 Å². The van der Waals surface area contributed by atoms with Gasteiger partial charge in [0.05, 0.1) is 0 Å². The van der Waals surface area contributed by atoms with Gasteiger partial charge < -0.3 is 22.9 Å². The highest BCUT2D eigenvalue weighted by Crippen LogP contribution is 2.46. The molecule has 1 aliphatic rings. The van der Waals surface area contributed by atoms with Crippen LogP contribution in [0.15, 0.2) is 109 Å². The first-order valence-corrected chi connectivity index (χ1v) is 12.5. The van der Waals surface area contributed by atoms with Crippen LogP contribution in [-0.4, -0.2) is 0 Å². The molecule has 0 fully saturated rings. The maximum Gasteiger partial charge on any atom is 0.0359 e. The Morgan fingerprint density at radius 2 is 1.05 bits per heavy atom. The molecule has 1 aliphatic carbocycles. The van der Waals surface area contributed by atoms with Crippen LogP contribution in [0.1, 0.15) is 22.3 Å². The Morgan fingerprint density at radius 1 is 0.514 bits per heavy atom. The van der Waals surface area contributed by atoms with E-state index in [0.29, 0.717) is 13.1 Å². The van der Waals surface area contributed by atoms with Crippen molar-refractivity contribution in [1.29, 1.82) is 0 Å². The van der Waals surface area contributed by atoms with Crippen LogP contribution in [0.4, 0.5) is 11.4 Å². The predicted octanol–water partition coefficient (Wildman–Crippen LogP) is 6.36. The summed E-state index contributed by atoms with van der Waals surface area (Å²) in [5, 5.41) is 0. The van der Waals surface area contributed by atoms with Gasteiger partial charge in [0.15, 0.2) is 0 Å². The molecule has 0 amide bonds. The molecule has 0 spiro atoms. The fourth-order valence-corrected chi connectivity index (χ4v) is 5.05. The molecule has 37 heavy (non-hydrogen) atoms. The summed E-state index contributed by atoms with van der Waals surface area (Å²) in [4.78, 5) is 0. The van der Waals surface area contributed by atoms with Crippen LogP contribution in [-0.2, 0) is 19.5 Å². The van der Waals surface area contributed by atoms with E-state index in [2.05, 4.69) is 60.7 Å². The molecule has 184 valence electrons. The normalized spacial score (nSPS) is 11.3. The minimum atomic E-state index is 0.406. The molecule has 0 aliphatic heterocycles. The van der Waals surface area contributed by atoms with Crippen LogP contribution in [0.2, 0.25) is 0 Å². The molecule has 0 atom stereocenters. The van der Waals surface area contributed by atoms with Gasteiger partial charge in [0, 0.05) is 24.5 Å². The van der Waals surface area contributed by atoms with Crippen LogP contribution in [0.3, 0.4) is 0 Å². The number of rotatable bonds is 4. The first kappa shape index (κ1) is 24.3. The van der Waals surface area contributed by atoms with E-state index in [1.54, 1.807) is 0 Å². The molecule has 0 unspecified atom stereocenters. The Bertz CT molecular complexity index is 1510. The van der Waals surface area contributed by atoms with Gasteiger partial charge in [-0.1, -0.05) is 84.9 Å². The molecule has 0 aromatic heterocycles. The lowest BCUT2D eigenvalue weighted by Gasteiger charge is -2.18. The summed E-state index contributed by atoms with van der Waals surface area (Å²) < 4.78 is 0. The SMILES string of the molecule is NCc1cc(-c2ccc3c(c2-c2ccc(N)c(CN)c2)Cc2ccccc2-3)ccc1N.c1ccccc1. The Labute approximate surface area is 218 Å². The average molecular weight is 485 g/mol. The lowest BCUT2D eigenvalue weighted by Crippen LogP contribution is -2.03. The Balaban J connectivity index is 0.000000412. The maximum absolute atomic E-state index is 6.16. The molecule has 6 rings (SSSR count). The highest BCUT2D eigenvalue weighted by atomic mass is 14.6. The summed E-state index contributed by atoms with van der Waals surface area (Å²) in [5.41, 5.74) is 37.4. The van der Waals surface area contributed by atoms with E-state index in [0.717, 1.165) is 45.6 Å². The van der Waals surface area contributed by atoms with E-state index in [1.807, 2.05) is 48.5 Å². The third-order valence-electron chi connectivity index (χ3n) is 6.98. The highest BCUT2D eigenvalue weighted by molar-refractivity contribution is 5.94. The third kappa shape index (κ3) is 4.85. The van der Waals surface area contributed by atoms with Crippen LogP contribution < -0.4 is 22.9 Å². The molecule has 0 saturated carbocycles. The second-order valence-electron chi connectivity index (χ2n) is 9.24. The zero-order chi connectivity index (χ0) is 25.8. The summed E-state index contributed by atoms with van der Waals surface area (Å²) in [6.45, 7) is 0.814. The van der Waals surface area contributed by atoms with Gasteiger partial charge in [-0.15, -0.1) is 0 Å². The van der Waals surface area contributed by atoms with Crippen molar-refractivity contribution >= 4 is 11.4 Å². The summed E-state index contributed by atoms with van der Waals surface area (Å²) in [6, 6.07) is 37.4. The van der Waals surface area contributed by atoms with Crippen molar-refractivity contribution in [2.24, 2.45) is 11.5 Å². The van der Waals surface area contributed by atoms with Gasteiger partial charge in [0.25, 0.3) is 0 Å². The highest BCUT2D eigenvalue weighted by Gasteiger charge is 2.24. The maximum atomic E-state index is 6.16. The summed E-state index contributed by atoms with van der Waals surface area (Å²) in [6.07, 6.45) is 0.899. The molecular weight excluding hydrogens is 452 g/mol. The number of fused-ring (bicyclic) bond motifs is 3. The van der Waals surface area contributed by atoms with Crippen molar-refractivity contribution < 1.29 is 0 Å². The monoisotopic (exact) mass is 484 g/mol. The first-order chi connectivity index (χ1) is 18.1. The van der Waals surface area contributed by atoms with Crippen molar-refractivity contribution in [2.45, 2.75) is 19.5 Å². The second-order valence-corrected chi connectivity index (χ2v) is 9.24. The fraction of sp³-hybridized carbons (Fsp3) is 0.0909. The van der Waals surface area contributed by atoms with Gasteiger partial charge in [-0.2, -0.15) is 0 Å². The summed E-state index contributed by atoms with van der Waals surface area (Å²) >= 11 is 0. The van der Waals surface area contributed by atoms with Crippen molar-refractivity contribution in [1.82, 2.24) is 0 Å². The van der Waals surface area contributed by atoms with Gasteiger partial charge in [0.2, 0.25) is 0 Å². The average Bonchev–Trinajstić information content (AvgIpc) is 3.33. The zero-order valence-electron chi connectivity index (χ0n) is 20.8. The Kier molecular flexibility index (Phi) is 7.04. The van der Waals surface area contributed by atoms with E-state index in [9.17, 15) is 0 Å². The van der Waals surface area contributed by atoms with Crippen LogP contribution in [0.5, 0.6) is 0 Å². The van der Waals surface area contributed by atoms with Crippen molar-refractivity contribution in [3.63, 3.8) is 0 Å². The molecule has 0 radical (unpaired) electrons. The van der Waals surface area contributed by atoms with Crippen molar-refractivity contribution in [3.05, 3.63) is 131 Å². The van der Waals surface area contributed by atoms with Crippen molar-refractivity contribution in [2.75, 3.05) is 11.5 Å². The summed E-state index contributed by atoms with van der Waals surface area (Å²) in [7, 11) is 0. The van der Waals surface area contributed by atoms with E-state index >= 15 is 0 Å². The molecule has 5 aromatic rings. The standard InChI is InChI=1S/C27H26N4.C6H6/c28-14-19-11-17(5-9-25(19)30)22-7-8-23-21-4-2-1-3-16(21)13-24(23)27(22)18-6-10-26(31)20(12-18)15-29;1-2-4-6-5-3-1/h1-12H,13-15,28-31H2;1-6H. The Morgan fingerprint density at radius 3 is 1.68 bits per heavy atom. The van der Waals surface area contributed by atoms with Gasteiger partial charge in [-0.05, 0) is 86.3 Å². The molecule has 4 heteroatoms. The topological polar surface area (TPSA) is 104 Å². The molecule has 5 aromatic carbocycles. The van der Waals surface area contributed by atoms with E-state index < -0.39 is 0 Å². The number of hydrogen-bond donors (Lipinski definition) is 4. The lowest BCUT2D eigenvalue weighted by atomic mass is 9.86. The van der Waals surface area contributed by atoms with Gasteiger partial charge >= 0.3 is 0 Å². The van der Waals surface area contributed by atoms with Gasteiger partial charge in [0.1, 0.15) is 0 Å². The molecule has 8 N–H and O–H groups in total. The number of anilines is 2. The van der Waals surface area contributed by atoms with Gasteiger partial charge in [-0.3, -0.25) is 0 Å². The minimum absolute atomic E-state index is 0.406. The van der Waals surface area contributed by atoms with Crippen LogP contribution in [0, 0.1) is 0 Å². The Hall–Kier alpha value is -4.38. The predicted molar refractivity (Wildman–Crippen MR) is 157 cm³/mol. The fourth-order valence-electron chi connectivity index (χ4n) is 5.05. The number of nitrogen functional groups attached to an aromatic ring is 2.